The van der Waals surface area contributed by atoms with Gasteiger partial charge in [-0.1, -0.05) is 0 Å². The number of carbonyl (C=O) groups excluding carboxylic acids is 2. The third-order valence-corrected chi connectivity index (χ3v) is 5.06. The van der Waals surface area contributed by atoms with E-state index in [9.17, 15) is 35.9 Å². The minimum Gasteiger partial charge on any atom is -0.381 e. The van der Waals surface area contributed by atoms with Crippen LogP contribution in [0.4, 0.5) is 35.9 Å². The van der Waals surface area contributed by atoms with Gasteiger partial charge in [-0.3, -0.25) is 5.32 Å². The van der Waals surface area contributed by atoms with E-state index in [-0.39, 0.29) is 17.7 Å². The number of nitrogens with zero attached hydrogens (tertiary/aromatic N) is 1. The van der Waals surface area contributed by atoms with Crippen LogP contribution in [0, 0.1) is 0 Å². The fourth-order valence-electron chi connectivity index (χ4n) is 3.45. The molecule has 1 aromatic carbocycles. The Bertz CT molecular complexity index is 788. The highest BCUT2D eigenvalue weighted by atomic mass is 19.4. The van der Waals surface area contributed by atoms with Crippen molar-refractivity contribution < 1.29 is 40.7 Å². The lowest BCUT2D eigenvalue weighted by atomic mass is 10.0. The lowest BCUT2D eigenvalue weighted by molar-refractivity contribution is -0.143. The second kappa shape index (κ2) is 8.54. The maximum atomic E-state index is 13.1. The number of nitrogens with one attached hydrogen (secondary N) is 3. The summed E-state index contributed by atoms with van der Waals surface area (Å²) >= 11 is 0. The Kier molecular flexibility index (Phi) is 6.37. The number of imide groups is 1. The van der Waals surface area contributed by atoms with Crippen LogP contribution >= 0.6 is 0 Å². The first-order valence-electron chi connectivity index (χ1n) is 9.39. The number of ether oxygens (including phenoxy) is 1. The predicted molar refractivity (Wildman–Crippen MR) is 94.5 cm³/mol. The molecule has 2 saturated heterocycles. The zero-order valence-corrected chi connectivity index (χ0v) is 16.2. The standard InChI is InChI=1S/C18H20F6N4O3/c1-9(10-6-11(17(19,20)21)8-12(7-10)18(22,23)24)25-14-26-15(29)28(16(30)27-14)13-2-4-31-5-3-13/h6-9,13-14,25H,2-5H2,1H3,(H,26,29)(H,27,30)/t9-/m0/s1. The van der Waals surface area contributed by atoms with Crippen LogP contribution in [0.5, 0.6) is 0 Å². The Morgan fingerprint density at radius 3 is 1.90 bits per heavy atom. The number of carbonyl (C=O) groups is 2. The summed E-state index contributed by atoms with van der Waals surface area (Å²) in [6.07, 6.45) is -10.2. The van der Waals surface area contributed by atoms with E-state index in [1.807, 2.05) is 0 Å². The van der Waals surface area contributed by atoms with Gasteiger partial charge in [-0.2, -0.15) is 26.3 Å². The fourth-order valence-corrected chi connectivity index (χ4v) is 3.45. The lowest BCUT2D eigenvalue weighted by Crippen LogP contribution is -2.70. The summed E-state index contributed by atoms with van der Waals surface area (Å²) in [5, 5.41) is 7.51. The first-order chi connectivity index (χ1) is 14.4. The lowest BCUT2D eigenvalue weighted by Gasteiger charge is -2.39. The van der Waals surface area contributed by atoms with Crippen molar-refractivity contribution in [2.75, 3.05) is 13.2 Å². The molecule has 0 aliphatic carbocycles. The minimum absolute atomic E-state index is 0.0339. The van der Waals surface area contributed by atoms with Crippen molar-refractivity contribution in [3.05, 3.63) is 34.9 Å². The molecule has 1 aromatic rings. The molecule has 2 heterocycles. The Morgan fingerprint density at radius 2 is 1.45 bits per heavy atom. The molecule has 0 radical (unpaired) electrons. The molecule has 0 unspecified atom stereocenters. The third kappa shape index (κ3) is 5.39. The van der Waals surface area contributed by atoms with Crippen molar-refractivity contribution in [1.29, 1.82) is 0 Å². The quantitative estimate of drug-likeness (QED) is 0.608. The van der Waals surface area contributed by atoms with Gasteiger partial charge in [0.2, 0.25) is 0 Å². The predicted octanol–water partition coefficient (Wildman–Crippen LogP) is 3.57. The van der Waals surface area contributed by atoms with Crippen LogP contribution in [-0.4, -0.2) is 42.5 Å². The van der Waals surface area contributed by atoms with Crippen molar-refractivity contribution in [2.24, 2.45) is 0 Å². The van der Waals surface area contributed by atoms with Gasteiger partial charge in [-0.25, -0.2) is 14.5 Å². The smallest absolute Gasteiger partial charge is 0.381 e. The largest absolute Gasteiger partial charge is 0.416 e. The van der Waals surface area contributed by atoms with Crippen LogP contribution in [0.1, 0.15) is 42.5 Å². The second-order valence-corrected chi connectivity index (χ2v) is 7.27. The molecule has 0 spiro atoms. The molecule has 7 nitrogen and oxygen atoms in total. The molecule has 2 aliphatic rings. The average Bonchev–Trinajstić information content (AvgIpc) is 2.66. The average molecular weight is 454 g/mol. The summed E-state index contributed by atoms with van der Waals surface area (Å²) in [6.45, 7) is 2.09. The maximum Gasteiger partial charge on any atom is 0.416 e. The summed E-state index contributed by atoms with van der Waals surface area (Å²) < 4.78 is 83.6. The molecule has 1 atom stereocenters. The minimum atomic E-state index is -4.98. The Labute approximate surface area is 173 Å². The summed E-state index contributed by atoms with van der Waals surface area (Å²) in [6, 6.07) is -1.66. The molecule has 0 bridgehead atoms. The normalized spacial score (nSPS) is 20.4. The number of urea groups is 2. The Morgan fingerprint density at radius 1 is 0.968 bits per heavy atom. The van der Waals surface area contributed by atoms with Gasteiger partial charge in [0.15, 0.2) is 6.29 Å². The number of halogens is 6. The second-order valence-electron chi connectivity index (χ2n) is 7.27. The number of hydrogen-bond donors (Lipinski definition) is 3. The SMILES string of the molecule is C[C@H](NC1NC(=O)N(C2CCOCC2)C(=O)N1)c1cc(C(F)(F)F)cc(C(F)(F)F)c1. The van der Waals surface area contributed by atoms with Gasteiger partial charge in [-0.05, 0) is 43.5 Å². The Hall–Kier alpha value is -2.54. The molecule has 2 fully saturated rings. The zero-order valence-electron chi connectivity index (χ0n) is 16.2. The van der Waals surface area contributed by atoms with Gasteiger partial charge < -0.3 is 15.4 Å². The number of alkyl halides is 6. The molecule has 3 rings (SSSR count). The van der Waals surface area contributed by atoms with Crippen LogP contribution in [-0.2, 0) is 17.1 Å². The molecule has 3 N–H and O–H groups in total. The highest BCUT2D eigenvalue weighted by Gasteiger charge is 2.39. The van der Waals surface area contributed by atoms with Crippen LogP contribution in [0.2, 0.25) is 0 Å². The molecular weight excluding hydrogens is 434 g/mol. The molecule has 172 valence electrons. The molecular formula is C18H20F6N4O3. The molecule has 2 aliphatic heterocycles. The van der Waals surface area contributed by atoms with Crippen molar-refractivity contribution in [3.63, 3.8) is 0 Å². The molecule has 0 aromatic heterocycles. The van der Waals surface area contributed by atoms with E-state index in [0.717, 1.165) is 4.90 Å². The molecule has 0 saturated carbocycles. The van der Waals surface area contributed by atoms with Crippen LogP contribution in [0.15, 0.2) is 18.2 Å². The van der Waals surface area contributed by atoms with E-state index in [0.29, 0.717) is 38.2 Å². The van der Waals surface area contributed by atoms with Gasteiger partial charge >= 0.3 is 24.4 Å². The summed E-state index contributed by atoms with van der Waals surface area (Å²) in [7, 11) is 0. The topological polar surface area (TPSA) is 82.7 Å². The van der Waals surface area contributed by atoms with E-state index < -0.39 is 47.9 Å². The first kappa shape index (κ1) is 23.1. The van der Waals surface area contributed by atoms with Gasteiger partial charge in [0, 0.05) is 25.3 Å². The van der Waals surface area contributed by atoms with E-state index in [1.54, 1.807) is 0 Å². The van der Waals surface area contributed by atoms with Crippen LogP contribution in [0.25, 0.3) is 0 Å². The van der Waals surface area contributed by atoms with Crippen molar-refractivity contribution >= 4 is 12.1 Å². The van der Waals surface area contributed by atoms with E-state index >= 15 is 0 Å². The van der Waals surface area contributed by atoms with Crippen LogP contribution in [0.3, 0.4) is 0 Å². The van der Waals surface area contributed by atoms with E-state index in [4.69, 9.17) is 4.74 Å². The van der Waals surface area contributed by atoms with E-state index in [1.165, 1.54) is 6.92 Å². The van der Waals surface area contributed by atoms with Crippen LogP contribution < -0.4 is 16.0 Å². The van der Waals surface area contributed by atoms with Crippen molar-refractivity contribution in [2.45, 2.75) is 50.5 Å². The number of rotatable bonds is 4. The number of benzene rings is 1. The fraction of sp³-hybridized carbons (Fsp3) is 0.556. The Balaban J connectivity index is 1.75. The monoisotopic (exact) mass is 454 g/mol. The van der Waals surface area contributed by atoms with Crippen molar-refractivity contribution in [1.82, 2.24) is 20.9 Å². The van der Waals surface area contributed by atoms with Gasteiger partial charge in [0.1, 0.15) is 0 Å². The van der Waals surface area contributed by atoms with Crippen molar-refractivity contribution in [3.8, 4) is 0 Å². The molecule has 13 heteroatoms. The highest BCUT2D eigenvalue weighted by Crippen LogP contribution is 2.37. The van der Waals surface area contributed by atoms with Gasteiger partial charge in [0.05, 0.1) is 11.1 Å². The number of hydrogen-bond acceptors (Lipinski definition) is 4. The van der Waals surface area contributed by atoms with E-state index in [2.05, 4.69) is 16.0 Å². The first-order valence-corrected chi connectivity index (χ1v) is 9.39. The van der Waals surface area contributed by atoms with Gasteiger partial charge in [0.25, 0.3) is 0 Å². The highest BCUT2D eigenvalue weighted by molar-refractivity contribution is 5.96. The summed E-state index contributed by atoms with van der Waals surface area (Å²) in [4.78, 5) is 25.8. The third-order valence-electron chi connectivity index (χ3n) is 5.06. The number of amides is 4. The summed E-state index contributed by atoms with van der Waals surface area (Å²) in [5.74, 6) is 0. The summed E-state index contributed by atoms with van der Waals surface area (Å²) in [5.41, 5.74) is -3.21. The zero-order chi connectivity index (χ0) is 23.0. The molecule has 4 amide bonds. The molecule has 31 heavy (non-hydrogen) atoms. The van der Waals surface area contributed by atoms with Gasteiger partial charge in [-0.15, -0.1) is 0 Å². The maximum absolute atomic E-state index is 13.1.